The van der Waals surface area contributed by atoms with Crippen molar-refractivity contribution < 1.29 is 0 Å². The molecule has 0 bridgehead atoms. The number of aromatic nitrogens is 6. The summed E-state index contributed by atoms with van der Waals surface area (Å²) in [7, 11) is 0. The molecular weight excluding hydrogens is 661 g/mol. The highest BCUT2D eigenvalue weighted by molar-refractivity contribution is 5.79. The van der Waals surface area contributed by atoms with Crippen LogP contribution in [-0.2, 0) is 0 Å². The third-order valence-corrected chi connectivity index (χ3v) is 9.25. The van der Waals surface area contributed by atoms with Gasteiger partial charge < -0.3 is 0 Å². The molecule has 0 spiro atoms. The zero-order chi connectivity index (χ0) is 36.1. The average Bonchev–Trinajstić information content (AvgIpc) is 3.27. The van der Waals surface area contributed by atoms with Crippen LogP contribution < -0.4 is 0 Å². The van der Waals surface area contributed by atoms with Crippen molar-refractivity contribution in [1.29, 1.82) is 0 Å². The quantitative estimate of drug-likeness (QED) is 0.158. The number of rotatable bonds is 8. The molecule has 5 aromatic carbocycles. The largest absolute Gasteiger partial charge is 0.255 e. The first-order valence-corrected chi connectivity index (χ1v) is 17.8. The summed E-state index contributed by atoms with van der Waals surface area (Å²) in [6.07, 6.45) is 3.65. The molecule has 9 aromatic rings. The van der Waals surface area contributed by atoms with Crippen molar-refractivity contribution in [1.82, 2.24) is 29.9 Å². The fourth-order valence-corrected chi connectivity index (χ4v) is 6.48. The number of hydrogen-bond donors (Lipinski definition) is 0. The maximum Gasteiger partial charge on any atom is 0.164 e. The summed E-state index contributed by atoms with van der Waals surface area (Å²) < 4.78 is 0. The summed E-state index contributed by atoms with van der Waals surface area (Å²) in [5, 5.41) is 0. The molecule has 4 heterocycles. The highest BCUT2D eigenvalue weighted by atomic mass is 15.0. The van der Waals surface area contributed by atoms with Gasteiger partial charge in [0.05, 0.1) is 22.8 Å². The lowest BCUT2D eigenvalue weighted by Gasteiger charge is -2.11. The first-order valence-electron chi connectivity index (χ1n) is 17.8. The average molecular weight is 693 g/mol. The number of hydrogen-bond acceptors (Lipinski definition) is 6. The van der Waals surface area contributed by atoms with Crippen LogP contribution in [0.2, 0.25) is 0 Å². The molecule has 0 aliphatic rings. The molecule has 0 aliphatic heterocycles. The van der Waals surface area contributed by atoms with Crippen LogP contribution in [0.4, 0.5) is 0 Å². The van der Waals surface area contributed by atoms with Crippen molar-refractivity contribution in [2.45, 2.75) is 0 Å². The van der Waals surface area contributed by atoms with Crippen LogP contribution in [0.15, 0.2) is 194 Å². The summed E-state index contributed by atoms with van der Waals surface area (Å²) in [5.41, 5.74) is 12.5. The van der Waals surface area contributed by atoms with E-state index in [1.165, 1.54) is 0 Å². The van der Waals surface area contributed by atoms with Crippen molar-refractivity contribution in [3.8, 4) is 90.3 Å². The van der Waals surface area contributed by atoms with Crippen LogP contribution in [0.5, 0.6) is 0 Å². The molecule has 0 amide bonds. The van der Waals surface area contributed by atoms with Gasteiger partial charge in [-0.3, -0.25) is 9.97 Å². The monoisotopic (exact) mass is 692 g/mol. The van der Waals surface area contributed by atoms with Crippen LogP contribution >= 0.6 is 0 Å². The molecule has 9 rings (SSSR count). The molecule has 0 fully saturated rings. The number of nitrogens with zero attached hydrogens (tertiary/aromatic N) is 6. The van der Waals surface area contributed by atoms with E-state index in [2.05, 4.69) is 83.8 Å². The van der Waals surface area contributed by atoms with Gasteiger partial charge in [0.15, 0.2) is 17.5 Å². The van der Waals surface area contributed by atoms with Gasteiger partial charge in [-0.25, -0.2) is 19.9 Å². The Labute approximate surface area is 313 Å². The lowest BCUT2D eigenvalue weighted by molar-refractivity contribution is 1.07. The summed E-state index contributed by atoms with van der Waals surface area (Å²) in [6, 6.07) is 61.6. The lowest BCUT2D eigenvalue weighted by atomic mass is 9.97. The molecule has 0 saturated heterocycles. The molecule has 0 saturated carbocycles. The number of pyridine rings is 3. The molecule has 54 heavy (non-hydrogen) atoms. The van der Waals surface area contributed by atoms with Crippen molar-refractivity contribution >= 4 is 0 Å². The van der Waals surface area contributed by atoms with E-state index in [-0.39, 0.29) is 0 Å². The molecule has 6 nitrogen and oxygen atoms in total. The zero-order valence-electron chi connectivity index (χ0n) is 29.2. The Balaban J connectivity index is 1.04. The Morgan fingerprint density at radius 1 is 0.222 bits per heavy atom. The van der Waals surface area contributed by atoms with Crippen molar-refractivity contribution in [3.63, 3.8) is 0 Å². The van der Waals surface area contributed by atoms with Crippen LogP contribution in [0.1, 0.15) is 0 Å². The molecule has 0 unspecified atom stereocenters. The van der Waals surface area contributed by atoms with Gasteiger partial charge in [-0.05, 0) is 75.8 Å². The molecule has 6 heteroatoms. The predicted molar refractivity (Wildman–Crippen MR) is 217 cm³/mol. The van der Waals surface area contributed by atoms with Crippen molar-refractivity contribution in [2.75, 3.05) is 0 Å². The van der Waals surface area contributed by atoms with Gasteiger partial charge in [0, 0.05) is 29.1 Å². The lowest BCUT2D eigenvalue weighted by Crippen LogP contribution is -2.00. The van der Waals surface area contributed by atoms with Crippen LogP contribution in [-0.4, -0.2) is 29.9 Å². The van der Waals surface area contributed by atoms with E-state index in [0.29, 0.717) is 17.5 Å². The third kappa shape index (κ3) is 6.92. The van der Waals surface area contributed by atoms with E-state index >= 15 is 0 Å². The van der Waals surface area contributed by atoms with E-state index in [4.69, 9.17) is 24.9 Å². The smallest absolute Gasteiger partial charge is 0.164 e. The van der Waals surface area contributed by atoms with Crippen molar-refractivity contribution in [2.24, 2.45) is 0 Å². The second-order valence-corrected chi connectivity index (χ2v) is 12.8. The Morgan fingerprint density at radius 2 is 0.648 bits per heavy atom. The third-order valence-electron chi connectivity index (χ3n) is 9.25. The molecule has 0 atom stereocenters. The first kappa shape index (κ1) is 32.5. The second-order valence-electron chi connectivity index (χ2n) is 12.8. The SMILES string of the molecule is c1ccc(-c2cc(-c3ccccn3)nc(-c3cc(-c4cccc(-c5ccc(-c6nc(-c7ccccc7)nc(-c7ccccc7)n6)cc5)c4)ccn3)c2)cc1. The molecule has 0 N–H and O–H groups in total. The minimum Gasteiger partial charge on any atom is -0.255 e. The molecule has 0 radical (unpaired) electrons. The highest BCUT2D eigenvalue weighted by Crippen LogP contribution is 2.33. The maximum absolute atomic E-state index is 5.04. The Kier molecular flexibility index (Phi) is 8.81. The summed E-state index contributed by atoms with van der Waals surface area (Å²) in [5.74, 6) is 1.91. The van der Waals surface area contributed by atoms with Crippen LogP contribution in [0, 0.1) is 0 Å². The molecule has 0 aliphatic carbocycles. The summed E-state index contributed by atoms with van der Waals surface area (Å²) in [6.45, 7) is 0. The van der Waals surface area contributed by atoms with E-state index in [1.807, 2.05) is 109 Å². The van der Waals surface area contributed by atoms with Gasteiger partial charge >= 0.3 is 0 Å². The normalized spacial score (nSPS) is 11.0. The standard InChI is InChI=1S/C48H32N6/c1-4-13-33(14-5-1)41-31-44(42-21-10-11-27-49-42)51-45(32-41)43-30-40(26-28-50-43)39-20-12-19-38(29-39)34-22-24-37(25-23-34)48-53-46(35-15-6-2-7-16-35)52-47(54-48)36-17-8-3-9-18-36/h1-32H. The van der Waals surface area contributed by atoms with Crippen LogP contribution in [0.3, 0.4) is 0 Å². The Hall–Kier alpha value is -7.44. The van der Waals surface area contributed by atoms with Gasteiger partial charge in [-0.15, -0.1) is 0 Å². The van der Waals surface area contributed by atoms with E-state index in [9.17, 15) is 0 Å². The zero-order valence-corrected chi connectivity index (χ0v) is 29.2. The van der Waals surface area contributed by atoms with Gasteiger partial charge in [0.25, 0.3) is 0 Å². The highest BCUT2D eigenvalue weighted by Gasteiger charge is 2.14. The summed E-state index contributed by atoms with van der Waals surface area (Å²) >= 11 is 0. The second kappa shape index (κ2) is 14.7. The fraction of sp³-hybridized carbons (Fsp3) is 0. The summed E-state index contributed by atoms with van der Waals surface area (Å²) in [4.78, 5) is 29.0. The fourth-order valence-electron chi connectivity index (χ4n) is 6.48. The van der Waals surface area contributed by atoms with Gasteiger partial charge in [-0.1, -0.05) is 140 Å². The maximum atomic E-state index is 5.04. The van der Waals surface area contributed by atoms with Crippen LogP contribution in [0.25, 0.3) is 90.3 Å². The van der Waals surface area contributed by atoms with E-state index in [1.54, 1.807) is 6.20 Å². The Bertz CT molecular complexity index is 2570. The topological polar surface area (TPSA) is 77.3 Å². The van der Waals surface area contributed by atoms with E-state index in [0.717, 1.165) is 72.8 Å². The van der Waals surface area contributed by atoms with E-state index < -0.39 is 0 Å². The van der Waals surface area contributed by atoms with Crippen molar-refractivity contribution in [3.05, 3.63) is 194 Å². The Morgan fingerprint density at radius 3 is 1.24 bits per heavy atom. The predicted octanol–water partition coefficient (Wildman–Crippen LogP) is 11.4. The van der Waals surface area contributed by atoms with Gasteiger partial charge in [0.1, 0.15) is 0 Å². The molecular formula is C48H32N6. The van der Waals surface area contributed by atoms with Gasteiger partial charge in [-0.2, -0.15) is 0 Å². The molecule has 4 aromatic heterocycles. The first-order chi connectivity index (χ1) is 26.7. The number of benzene rings is 5. The van der Waals surface area contributed by atoms with Gasteiger partial charge in [0.2, 0.25) is 0 Å². The minimum atomic E-state index is 0.628. The molecule has 254 valence electrons. The minimum absolute atomic E-state index is 0.628.